The van der Waals surface area contributed by atoms with Crippen LogP contribution in [0.3, 0.4) is 0 Å². The van der Waals surface area contributed by atoms with Crippen LogP contribution in [0.15, 0.2) is 47.7 Å². The molecule has 0 aliphatic rings. The molecular formula is C16H21N3O. The van der Waals surface area contributed by atoms with Crippen molar-refractivity contribution in [2.24, 2.45) is 5.22 Å². The molecule has 0 aromatic heterocycles. The van der Waals surface area contributed by atoms with E-state index in [-0.39, 0.29) is 0 Å². The van der Waals surface area contributed by atoms with E-state index in [4.69, 9.17) is 10.4 Å². The lowest BCUT2D eigenvalue weighted by molar-refractivity contribution is 0.100. The zero-order valence-electron chi connectivity index (χ0n) is 11.9. The molecule has 0 radical (unpaired) electrons. The number of nitrogens with one attached hydrogen (secondary N) is 1. The van der Waals surface area contributed by atoms with Crippen molar-refractivity contribution < 1.29 is 4.84 Å². The summed E-state index contributed by atoms with van der Waals surface area (Å²) in [5, 5.41) is 6.96. The summed E-state index contributed by atoms with van der Waals surface area (Å²) in [5.74, 6) is 0. The van der Waals surface area contributed by atoms with E-state index in [0.29, 0.717) is 6.61 Å². The lowest BCUT2D eigenvalue weighted by Gasteiger charge is -2.18. The number of anilines is 1. The Morgan fingerprint density at radius 3 is 2.65 bits per heavy atom. The largest absolute Gasteiger partial charge is 0.251 e. The Morgan fingerprint density at radius 2 is 1.85 bits per heavy atom. The average molecular weight is 271 g/mol. The predicted octanol–water partition coefficient (Wildman–Crippen LogP) is 5.10. The Bertz CT molecular complexity index is 551. The van der Waals surface area contributed by atoms with Crippen molar-refractivity contribution in [2.75, 3.05) is 11.8 Å². The van der Waals surface area contributed by atoms with Gasteiger partial charge in [-0.3, -0.25) is 4.84 Å². The normalized spacial score (nSPS) is 10.7. The molecule has 0 fully saturated rings. The molecule has 0 spiro atoms. The van der Waals surface area contributed by atoms with Gasteiger partial charge < -0.3 is 0 Å². The van der Waals surface area contributed by atoms with Crippen molar-refractivity contribution in [3.63, 3.8) is 0 Å². The third-order valence-electron chi connectivity index (χ3n) is 3.27. The molecule has 1 N–H and O–H groups in total. The Kier molecular flexibility index (Phi) is 5.50. The molecule has 20 heavy (non-hydrogen) atoms. The first-order valence-electron chi connectivity index (χ1n) is 7.15. The van der Waals surface area contributed by atoms with Gasteiger partial charge in [0.25, 0.3) is 0 Å². The van der Waals surface area contributed by atoms with Crippen molar-refractivity contribution in [1.29, 1.82) is 5.53 Å². The van der Waals surface area contributed by atoms with Gasteiger partial charge in [-0.2, -0.15) is 5.53 Å². The van der Waals surface area contributed by atoms with Crippen molar-refractivity contribution in [2.45, 2.75) is 32.6 Å². The summed E-state index contributed by atoms with van der Waals surface area (Å²) in [6.45, 7) is 2.77. The first kappa shape index (κ1) is 14.5. The molecule has 2 aromatic carbocycles. The molecular weight excluding hydrogens is 250 g/mol. The van der Waals surface area contributed by atoms with Crippen molar-refractivity contribution in [3.8, 4) is 0 Å². The number of rotatable bonds is 8. The minimum atomic E-state index is 0.589. The van der Waals surface area contributed by atoms with Crippen molar-refractivity contribution in [3.05, 3.63) is 42.5 Å². The van der Waals surface area contributed by atoms with Gasteiger partial charge in [0.1, 0.15) is 0 Å². The van der Waals surface area contributed by atoms with Crippen LogP contribution in [0.4, 0.5) is 5.69 Å². The van der Waals surface area contributed by atoms with E-state index in [0.717, 1.165) is 29.3 Å². The fourth-order valence-corrected chi connectivity index (χ4v) is 2.21. The number of unbranched alkanes of at least 4 members (excludes halogenated alkanes) is 3. The van der Waals surface area contributed by atoms with Crippen LogP contribution in [0.25, 0.3) is 10.8 Å². The van der Waals surface area contributed by atoms with E-state index in [1.807, 2.05) is 42.5 Å². The Labute approximate surface area is 119 Å². The number of fused-ring (bicyclic) bond motifs is 1. The van der Waals surface area contributed by atoms with E-state index in [9.17, 15) is 0 Å². The van der Waals surface area contributed by atoms with Crippen LogP contribution >= 0.6 is 0 Å². The minimum Gasteiger partial charge on any atom is -0.251 e. The molecule has 0 aliphatic heterocycles. The fraction of sp³-hybridized carbons (Fsp3) is 0.375. The van der Waals surface area contributed by atoms with Gasteiger partial charge in [0.2, 0.25) is 0 Å². The Hall–Kier alpha value is -1.94. The highest BCUT2D eigenvalue weighted by atomic mass is 16.7. The zero-order chi connectivity index (χ0) is 14.2. The molecule has 0 atom stereocenters. The summed E-state index contributed by atoms with van der Waals surface area (Å²) < 4.78 is 0. The second-order valence-corrected chi connectivity index (χ2v) is 4.77. The Balaban J connectivity index is 2.07. The van der Waals surface area contributed by atoms with E-state index in [2.05, 4.69) is 12.1 Å². The minimum absolute atomic E-state index is 0.589. The standard InChI is InChI=1S/C16H21N3O/c1-2-3-4-7-13-20-19(18-17)16-12-8-10-14-9-5-6-11-15(14)16/h5-6,8-12,17H,2-4,7,13H2,1H3. The van der Waals surface area contributed by atoms with Crippen molar-refractivity contribution in [1.82, 2.24) is 0 Å². The molecule has 0 saturated carbocycles. The Morgan fingerprint density at radius 1 is 1.05 bits per heavy atom. The number of benzene rings is 2. The highest BCUT2D eigenvalue weighted by molar-refractivity contribution is 5.93. The molecule has 0 aliphatic carbocycles. The molecule has 4 heteroatoms. The lowest BCUT2D eigenvalue weighted by Crippen LogP contribution is -2.17. The summed E-state index contributed by atoms with van der Waals surface area (Å²) >= 11 is 0. The van der Waals surface area contributed by atoms with Crippen LogP contribution in [0.2, 0.25) is 0 Å². The molecule has 0 saturated heterocycles. The summed E-state index contributed by atoms with van der Waals surface area (Å²) in [4.78, 5) is 5.61. The molecule has 0 unspecified atom stereocenters. The summed E-state index contributed by atoms with van der Waals surface area (Å²) in [5.41, 5.74) is 8.13. The first-order chi connectivity index (χ1) is 9.86. The van der Waals surface area contributed by atoms with Gasteiger partial charge in [0.05, 0.1) is 12.3 Å². The van der Waals surface area contributed by atoms with E-state index >= 15 is 0 Å². The SMILES string of the molecule is CCCCCCON(N=N)c1cccc2ccccc12. The molecule has 4 nitrogen and oxygen atoms in total. The highest BCUT2D eigenvalue weighted by Gasteiger charge is 2.09. The highest BCUT2D eigenvalue weighted by Crippen LogP contribution is 2.27. The smallest absolute Gasteiger partial charge is 0.0997 e. The molecule has 106 valence electrons. The quantitative estimate of drug-likeness (QED) is 0.412. The van der Waals surface area contributed by atoms with Gasteiger partial charge in [0, 0.05) is 5.39 Å². The topological polar surface area (TPSA) is 48.7 Å². The monoisotopic (exact) mass is 271 g/mol. The molecule has 0 bridgehead atoms. The van der Waals surface area contributed by atoms with Gasteiger partial charge >= 0.3 is 0 Å². The van der Waals surface area contributed by atoms with Crippen LogP contribution in [-0.2, 0) is 4.84 Å². The van der Waals surface area contributed by atoms with Crippen LogP contribution < -0.4 is 5.17 Å². The average Bonchev–Trinajstić information content (AvgIpc) is 2.51. The van der Waals surface area contributed by atoms with Gasteiger partial charge in [-0.1, -0.05) is 62.6 Å². The molecule has 2 rings (SSSR count). The first-order valence-corrected chi connectivity index (χ1v) is 7.15. The summed E-state index contributed by atoms with van der Waals surface area (Å²) in [6, 6.07) is 14.0. The van der Waals surface area contributed by atoms with E-state index < -0.39 is 0 Å². The molecule has 2 aromatic rings. The summed E-state index contributed by atoms with van der Waals surface area (Å²) in [7, 11) is 0. The van der Waals surface area contributed by atoms with E-state index in [1.54, 1.807) is 0 Å². The number of hydrogen-bond acceptors (Lipinski definition) is 3. The zero-order valence-corrected chi connectivity index (χ0v) is 11.9. The second kappa shape index (κ2) is 7.60. The third-order valence-corrected chi connectivity index (χ3v) is 3.27. The molecule has 0 heterocycles. The number of nitrogens with zero attached hydrogens (tertiary/aromatic N) is 2. The lowest BCUT2D eigenvalue weighted by atomic mass is 10.1. The second-order valence-electron chi connectivity index (χ2n) is 4.77. The van der Waals surface area contributed by atoms with E-state index in [1.165, 1.54) is 18.0 Å². The maximum absolute atomic E-state index is 7.32. The van der Waals surface area contributed by atoms with Crippen LogP contribution in [0.1, 0.15) is 32.6 Å². The third kappa shape index (κ3) is 3.54. The van der Waals surface area contributed by atoms with Gasteiger partial charge in [-0.15, -0.1) is 5.17 Å². The van der Waals surface area contributed by atoms with Crippen LogP contribution in [0.5, 0.6) is 0 Å². The fourth-order valence-electron chi connectivity index (χ4n) is 2.21. The van der Waals surface area contributed by atoms with Crippen molar-refractivity contribution >= 4 is 16.5 Å². The number of hydrogen-bond donors (Lipinski definition) is 1. The van der Waals surface area contributed by atoms with Gasteiger partial charge in [-0.05, 0) is 23.1 Å². The predicted molar refractivity (Wildman–Crippen MR) is 81.7 cm³/mol. The maximum Gasteiger partial charge on any atom is 0.0997 e. The van der Waals surface area contributed by atoms with Gasteiger partial charge in [0.15, 0.2) is 0 Å². The van der Waals surface area contributed by atoms with Gasteiger partial charge in [-0.25, -0.2) is 0 Å². The maximum atomic E-state index is 7.32. The van der Waals surface area contributed by atoms with Crippen LogP contribution in [-0.4, -0.2) is 6.61 Å². The molecule has 0 amide bonds. The summed E-state index contributed by atoms with van der Waals surface area (Å²) in [6.07, 6.45) is 4.56. The van der Waals surface area contributed by atoms with Crippen LogP contribution in [0, 0.1) is 5.53 Å².